The van der Waals surface area contributed by atoms with Gasteiger partial charge in [-0.3, -0.25) is 19.8 Å². The van der Waals surface area contributed by atoms with Crippen molar-refractivity contribution in [3.05, 3.63) is 75.8 Å². The number of carbonyl (C=O) groups excluding carboxylic acids is 2. The lowest BCUT2D eigenvalue weighted by atomic mass is 10.1. The summed E-state index contributed by atoms with van der Waals surface area (Å²) in [7, 11) is 1.47. The van der Waals surface area contributed by atoms with Gasteiger partial charge in [-0.25, -0.2) is 0 Å². The molecule has 1 saturated heterocycles. The van der Waals surface area contributed by atoms with E-state index < -0.39 is 11.8 Å². The minimum atomic E-state index is -0.593. The van der Waals surface area contributed by atoms with Crippen molar-refractivity contribution in [1.82, 2.24) is 10.2 Å². The highest BCUT2D eigenvalue weighted by molar-refractivity contribution is 7.80. The maximum Gasteiger partial charge on any atom is 0.265 e. The van der Waals surface area contributed by atoms with Crippen molar-refractivity contribution in [1.29, 1.82) is 0 Å². The largest absolute Gasteiger partial charge is 0.493 e. The Balaban J connectivity index is 1.91. The molecule has 9 heteroatoms. The highest BCUT2D eigenvalue weighted by Gasteiger charge is 2.32. The Hall–Kier alpha value is -2.87. The fourth-order valence-corrected chi connectivity index (χ4v) is 3.60. The first-order valence-corrected chi connectivity index (χ1v) is 10.3. The molecule has 0 saturated carbocycles. The van der Waals surface area contributed by atoms with Crippen LogP contribution in [0, 0.1) is 0 Å². The molecule has 1 heterocycles. The molecule has 0 unspecified atom stereocenters. The third-order valence-electron chi connectivity index (χ3n) is 4.39. The number of nitrogens with zero attached hydrogens (tertiary/aromatic N) is 1. The highest BCUT2D eigenvalue weighted by Crippen LogP contribution is 2.38. The van der Waals surface area contributed by atoms with E-state index in [1.165, 1.54) is 24.2 Å². The lowest BCUT2D eigenvalue weighted by Gasteiger charge is -2.27. The van der Waals surface area contributed by atoms with Gasteiger partial charge < -0.3 is 9.47 Å². The quantitative estimate of drug-likeness (QED) is 0.277. The van der Waals surface area contributed by atoms with Crippen molar-refractivity contribution in [3.63, 3.8) is 0 Å². The molecule has 1 aliphatic heterocycles. The van der Waals surface area contributed by atoms with E-state index >= 15 is 0 Å². The van der Waals surface area contributed by atoms with E-state index in [4.69, 9.17) is 44.9 Å². The van der Waals surface area contributed by atoms with Gasteiger partial charge in [0.2, 0.25) is 0 Å². The Morgan fingerprint density at radius 2 is 1.94 bits per heavy atom. The molecule has 0 aliphatic carbocycles. The van der Waals surface area contributed by atoms with Crippen LogP contribution in [0.3, 0.4) is 0 Å². The Labute approximate surface area is 195 Å². The monoisotopic (exact) mass is 476 g/mol. The second-order valence-corrected chi connectivity index (χ2v) is 7.64. The standard InChI is InChI=1S/C22H18Cl2N2O4S/c1-3-8-26-21(28)15(20(27)25-22(26)31)9-13-10-17(24)19(18(11-13)29-2)30-12-14-6-4-5-7-16(14)23/h3-7,9-11H,1,8,12H2,2H3,(H,25,27,31)/b15-9+. The average Bonchev–Trinajstić information content (AvgIpc) is 2.74. The fourth-order valence-electron chi connectivity index (χ4n) is 2.88. The minimum Gasteiger partial charge on any atom is -0.493 e. The topological polar surface area (TPSA) is 67.9 Å². The molecule has 2 aromatic rings. The second-order valence-electron chi connectivity index (χ2n) is 6.44. The van der Waals surface area contributed by atoms with Gasteiger partial charge in [0.05, 0.1) is 12.1 Å². The maximum atomic E-state index is 12.7. The number of amides is 2. The third kappa shape index (κ3) is 5.07. The minimum absolute atomic E-state index is 0.0333. The van der Waals surface area contributed by atoms with Crippen molar-refractivity contribution < 1.29 is 19.1 Å². The number of thiocarbonyl (C=S) groups is 1. The van der Waals surface area contributed by atoms with Gasteiger partial charge in [0.25, 0.3) is 11.8 Å². The Bertz CT molecular complexity index is 1100. The van der Waals surface area contributed by atoms with Crippen LogP contribution in [-0.4, -0.2) is 35.5 Å². The Morgan fingerprint density at radius 3 is 2.61 bits per heavy atom. The maximum absolute atomic E-state index is 12.7. The number of carbonyl (C=O) groups is 2. The van der Waals surface area contributed by atoms with Crippen LogP contribution in [0.25, 0.3) is 6.08 Å². The van der Waals surface area contributed by atoms with Gasteiger partial charge in [0, 0.05) is 17.1 Å². The molecule has 0 spiro atoms. The summed E-state index contributed by atoms with van der Waals surface area (Å²) in [5, 5.41) is 3.35. The first-order chi connectivity index (χ1) is 14.8. The van der Waals surface area contributed by atoms with Gasteiger partial charge in [-0.05, 0) is 42.1 Å². The van der Waals surface area contributed by atoms with Crippen LogP contribution in [0.1, 0.15) is 11.1 Å². The molecule has 0 aromatic heterocycles. The van der Waals surface area contributed by atoms with E-state index in [1.54, 1.807) is 18.2 Å². The lowest BCUT2D eigenvalue weighted by Crippen LogP contribution is -2.53. The molecular weight excluding hydrogens is 459 g/mol. The molecule has 1 fully saturated rings. The van der Waals surface area contributed by atoms with Crippen molar-refractivity contribution in [3.8, 4) is 11.5 Å². The zero-order valence-corrected chi connectivity index (χ0v) is 18.8. The van der Waals surface area contributed by atoms with Crippen LogP contribution < -0.4 is 14.8 Å². The molecule has 160 valence electrons. The van der Waals surface area contributed by atoms with Gasteiger partial charge in [0.15, 0.2) is 16.6 Å². The number of rotatable bonds is 7. The summed E-state index contributed by atoms with van der Waals surface area (Å²) in [6, 6.07) is 10.5. The summed E-state index contributed by atoms with van der Waals surface area (Å²) in [5.74, 6) is -0.458. The van der Waals surface area contributed by atoms with Crippen LogP contribution in [0.2, 0.25) is 10.0 Å². The van der Waals surface area contributed by atoms with Gasteiger partial charge in [0.1, 0.15) is 12.2 Å². The summed E-state index contributed by atoms with van der Waals surface area (Å²) >= 11 is 17.6. The molecule has 31 heavy (non-hydrogen) atoms. The van der Waals surface area contributed by atoms with E-state index in [0.717, 1.165) is 5.56 Å². The number of hydrogen-bond acceptors (Lipinski definition) is 5. The van der Waals surface area contributed by atoms with Crippen molar-refractivity contribution in [2.75, 3.05) is 13.7 Å². The van der Waals surface area contributed by atoms with E-state index in [1.807, 2.05) is 18.2 Å². The molecule has 2 amide bonds. The van der Waals surface area contributed by atoms with Crippen LogP contribution >= 0.6 is 35.4 Å². The first-order valence-electron chi connectivity index (χ1n) is 9.09. The van der Waals surface area contributed by atoms with Crippen molar-refractivity contribution in [2.24, 2.45) is 0 Å². The van der Waals surface area contributed by atoms with Crippen molar-refractivity contribution >= 4 is 58.4 Å². The van der Waals surface area contributed by atoms with Crippen LogP contribution in [-0.2, 0) is 16.2 Å². The molecule has 0 atom stereocenters. The normalized spacial score (nSPS) is 15.1. The number of nitrogens with one attached hydrogen (secondary N) is 1. The number of ether oxygens (including phenoxy) is 2. The summed E-state index contributed by atoms with van der Waals surface area (Å²) < 4.78 is 11.2. The van der Waals surface area contributed by atoms with Crippen LogP contribution in [0.5, 0.6) is 11.5 Å². The second kappa shape index (κ2) is 9.96. The summed E-state index contributed by atoms with van der Waals surface area (Å²) in [6.45, 7) is 3.96. The smallest absolute Gasteiger partial charge is 0.265 e. The third-order valence-corrected chi connectivity index (χ3v) is 5.36. The van der Waals surface area contributed by atoms with Gasteiger partial charge in [-0.1, -0.05) is 47.5 Å². The molecule has 2 aromatic carbocycles. The molecule has 0 bridgehead atoms. The van der Waals surface area contributed by atoms with Crippen molar-refractivity contribution in [2.45, 2.75) is 6.61 Å². The van der Waals surface area contributed by atoms with Gasteiger partial charge >= 0.3 is 0 Å². The number of hydrogen-bond donors (Lipinski definition) is 1. The van der Waals surface area contributed by atoms with Crippen LogP contribution in [0.15, 0.2) is 54.6 Å². The van der Waals surface area contributed by atoms with E-state index in [2.05, 4.69) is 11.9 Å². The molecule has 0 radical (unpaired) electrons. The predicted octanol–water partition coefficient (Wildman–Crippen LogP) is 4.39. The molecule has 1 N–H and O–H groups in total. The zero-order chi connectivity index (χ0) is 22.5. The Kier molecular flexibility index (Phi) is 7.33. The fraction of sp³-hybridized carbons (Fsp3) is 0.136. The van der Waals surface area contributed by atoms with Gasteiger partial charge in [-0.2, -0.15) is 0 Å². The number of methoxy groups -OCH3 is 1. The van der Waals surface area contributed by atoms with Gasteiger partial charge in [-0.15, -0.1) is 6.58 Å². The molecule has 6 nitrogen and oxygen atoms in total. The first kappa shape index (κ1) is 22.8. The Morgan fingerprint density at radius 1 is 1.19 bits per heavy atom. The number of halogens is 2. The summed E-state index contributed by atoms with van der Waals surface area (Å²) in [6.07, 6.45) is 2.94. The SMILES string of the molecule is C=CCN1C(=O)/C(=C/c2cc(Cl)c(OCc3ccccc3Cl)c(OC)c2)C(=O)NC1=S. The zero-order valence-electron chi connectivity index (χ0n) is 16.5. The molecule has 3 rings (SSSR count). The summed E-state index contributed by atoms with van der Waals surface area (Å²) in [4.78, 5) is 26.3. The van der Waals surface area contributed by atoms with Crippen LogP contribution in [0.4, 0.5) is 0 Å². The van der Waals surface area contributed by atoms with E-state index in [9.17, 15) is 9.59 Å². The number of benzene rings is 2. The molecule has 1 aliphatic rings. The summed E-state index contributed by atoms with van der Waals surface area (Å²) in [5.41, 5.74) is 1.19. The average molecular weight is 477 g/mol. The molecular formula is C22H18Cl2N2O4S. The highest BCUT2D eigenvalue weighted by atomic mass is 35.5. The lowest BCUT2D eigenvalue weighted by molar-refractivity contribution is -0.128. The predicted molar refractivity (Wildman–Crippen MR) is 124 cm³/mol. The van der Waals surface area contributed by atoms with E-state index in [-0.39, 0.29) is 28.9 Å². The van der Waals surface area contributed by atoms with E-state index in [0.29, 0.717) is 22.1 Å².